The van der Waals surface area contributed by atoms with Gasteiger partial charge in [0.15, 0.2) is 11.6 Å². The van der Waals surface area contributed by atoms with Crippen molar-refractivity contribution >= 4 is 5.97 Å². The molecule has 1 fully saturated rings. The minimum absolute atomic E-state index is 0.0541. The summed E-state index contributed by atoms with van der Waals surface area (Å²) >= 11 is 0. The van der Waals surface area contributed by atoms with Gasteiger partial charge in [-0.1, -0.05) is 56.3 Å². The Kier molecular flexibility index (Phi) is 7.96. The summed E-state index contributed by atoms with van der Waals surface area (Å²) in [5.74, 6) is -1.85. The van der Waals surface area contributed by atoms with Crippen LogP contribution in [0.3, 0.4) is 0 Å². The molecule has 35 heavy (non-hydrogen) atoms. The first kappa shape index (κ1) is 25.0. The van der Waals surface area contributed by atoms with E-state index in [2.05, 4.69) is 13.8 Å². The molecule has 0 radical (unpaired) electrons. The van der Waals surface area contributed by atoms with Crippen molar-refractivity contribution in [2.24, 2.45) is 11.8 Å². The van der Waals surface area contributed by atoms with Gasteiger partial charge < -0.3 is 9.84 Å². The van der Waals surface area contributed by atoms with Crippen molar-refractivity contribution in [3.63, 3.8) is 0 Å². The summed E-state index contributed by atoms with van der Waals surface area (Å²) in [6.07, 6.45) is 3.92. The lowest BCUT2D eigenvalue weighted by Gasteiger charge is -2.29. The second-order valence-corrected chi connectivity index (χ2v) is 9.71. The molecule has 5 nitrogen and oxygen atoms in total. The minimum Gasteiger partial charge on any atom is -0.480 e. The topological polar surface area (TPSA) is 64.4 Å². The minimum atomic E-state index is -0.946. The maximum Gasteiger partial charge on any atom is 0.329 e. The molecular formula is C28H32F2N2O3. The fraction of sp³-hybridized carbons (Fsp3) is 0.429. The highest BCUT2D eigenvalue weighted by atomic mass is 19.2. The number of aromatic nitrogens is 2. The second kappa shape index (κ2) is 11.1. The highest BCUT2D eigenvalue weighted by Crippen LogP contribution is 2.40. The van der Waals surface area contributed by atoms with Gasteiger partial charge in [0.25, 0.3) is 0 Å². The summed E-state index contributed by atoms with van der Waals surface area (Å²) < 4.78 is 36.6. The molecule has 0 aliphatic heterocycles. The Hall–Kier alpha value is -3.06. The predicted octanol–water partition coefficient (Wildman–Crippen LogP) is 6.53. The number of benzene rings is 2. The predicted molar refractivity (Wildman–Crippen MR) is 131 cm³/mol. The molecule has 1 heterocycles. The van der Waals surface area contributed by atoms with Crippen LogP contribution in [-0.2, 0) is 16.1 Å². The molecule has 1 aliphatic rings. The van der Waals surface area contributed by atoms with Gasteiger partial charge in [0, 0.05) is 28.9 Å². The van der Waals surface area contributed by atoms with E-state index in [-0.39, 0.29) is 18.1 Å². The third-order valence-corrected chi connectivity index (χ3v) is 6.78. The molecule has 0 amide bonds. The van der Waals surface area contributed by atoms with Crippen LogP contribution in [0.15, 0.2) is 48.5 Å². The van der Waals surface area contributed by atoms with Gasteiger partial charge in [-0.2, -0.15) is 5.10 Å². The summed E-state index contributed by atoms with van der Waals surface area (Å²) in [6, 6.07) is 14.0. The molecular weight excluding hydrogens is 450 g/mol. The number of aliphatic carboxylic acids is 1. The van der Waals surface area contributed by atoms with Crippen LogP contribution in [-0.4, -0.2) is 34.1 Å². The van der Waals surface area contributed by atoms with Crippen LogP contribution in [0.25, 0.3) is 22.4 Å². The van der Waals surface area contributed by atoms with Crippen LogP contribution in [0.5, 0.6) is 0 Å². The Morgan fingerprint density at radius 1 is 1.06 bits per heavy atom. The van der Waals surface area contributed by atoms with E-state index in [1.807, 2.05) is 35.0 Å². The first-order chi connectivity index (χ1) is 16.8. The Labute approximate surface area is 204 Å². The summed E-state index contributed by atoms with van der Waals surface area (Å²) in [6.45, 7) is 5.03. The number of carbonyl (C=O) groups is 1. The molecule has 0 spiro atoms. The lowest BCUT2D eigenvalue weighted by atomic mass is 9.82. The molecule has 0 saturated heterocycles. The number of carboxylic acid groups (broad SMARTS) is 1. The molecule has 0 atom stereocenters. The number of hydrogen-bond acceptors (Lipinski definition) is 3. The summed E-state index contributed by atoms with van der Waals surface area (Å²) in [7, 11) is 0. The number of hydrogen-bond donors (Lipinski definition) is 1. The standard InChI is InChI=1S/C28H32F2N2O3/c1-18(2)28-25(22-9-6-10-23(29)26(22)30)27(21-7-4-3-5-8-21)31-32(28)15-19-11-13-20(14-12-19)16-35-17-24(33)34/h3-10,18-20H,11-17H2,1-2H3,(H,33,34)/t19-,20-. The zero-order valence-electron chi connectivity index (χ0n) is 20.2. The monoisotopic (exact) mass is 482 g/mol. The molecule has 2 aromatic carbocycles. The van der Waals surface area contributed by atoms with Crippen molar-refractivity contribution in [1.82, 2.24) is 9.78 Å². The Balaban J connectivity index is 1.64. The third-order valence-electron chi connectivity index (χ3n) is 6.78. The van der Waals surface area contributed by atoms with Gasteiger partial charge in [0.2, 0.25) is 0 Å². The van der Waals surface area contributed by atoms with E-state index in [9.17, 15) is 9.18 Å². The highest BCUT2D eigenvalue weighted by molar-refractivity contribution is 5.83. The van der Waals surface area contributed by atoms with Gasteiger partial charge in [-0.15, -0.1) is 0 Å². The number of rotatable bonds is 9. The van der Waals surface area contributed by atoms with E-state index in [0.717, 1.165) is 43.0 Å². The van der Waals surface area contributed by atoms with Crippen molar-refractivity contribution in [3.05, 3.63) is 65.9 Å². The van der Waals surface area contributed by atoms with E-state index in [1.54, 1.807) is 6.07 Å². The molecule has 0 unspecified atom stereocenters. The molecule has 3 aromatic rings. The normalized spacial score (nSPS) is 18.2. The average molecular weight is 483 g/mol. The molecule has 7 heteroatoms. The van der Waals surface area contributed by atoms with Gasteiger partial charge in [-0.25, -0.2) is 13.6 Å². The van der Waals surface area contributed by atoms with Crippen molar-refractivity contribution in [1.29, 1.82) is 0 Å². The van der Waals surface area contributed by atoms with E-state index >= 15 is 4.39 Å². The largest absolute Gasteiger partial charge is 0.480 e. The van der Waals surface area contributed by atoms with Crippen molar-refractivity contribution in [3.8, 4) is 22.4 Å². The Morgan fingerprint density at radius 2 is 1.74 bits per heavy atom. The van der Waals surface area contributed by atoms with Crippen molar-refractivity contribution in [2.75, 3.05) is 13.2 Å². The van der Waals surface area contributed by atoms with Crippen LogP contribution >= 0.6 is 0 Å². The van der Waals surface area contributed by atoms with Gasteiger partial charge in [0.1, 0.15) is 12.3 Å². The summed E-state index contributed by atoms with van der Waals surface area (Å²) in [4.78, 5) is 10.7. The van der Waals surface area contributed by atoms with Crippen molar-refractivity contribution < 1.29 is 23.4 Å². The molecule has 1 saturated carbocycles. The fourth-order valence-electron chi connectivity index (χ4n) is 5.10. The van der Waals surface area contributed by atoms with Crippen LogP contribution in [0.4, 0.5) is 8.78 Å². The van der Waals surface area contributed by atoms with Crippen LogP contribution in [0.1, 0.15) is 51.1 Å². The summed E-state index contributed by atoms with van der Waals surface area (Å²) in [5, 5.41) is 13.7. The van der Waals surface area contributed by atoms with E-state index in [0.29, 0.717) is 36.2 Å². The van der Waals surface area contributed by atoms with Crippen LogP contribution in [0, 0.1) is 23.5 Å². The molecule has 1 aliphatic carbocycles. The molecule has 186 valence electrons. The van der Waals surface area contributed by atoms with E-state index in [4.69, 9.17) is 14.9 Å². The number of nitrogens with zero attached hydrogens (tertiary/aromatic N) is 2. The maximum atomic E-state index is 15.0. The lowest BCUT2D eigenvalue weighted by molar-refractivity contribution is -0.142. The smallest absolute Gasteiger partial charge is 0.329 e. The Morgan fingerprint density at radius 3 is 2.40 bits per heavy atom. The van der Waals surface area contributed by atoms with Crippen molar-refractivity contribution in [2.45, 2.75) is 52.0 Å². The van der Waals surface area contributed by atoms with E-state index < -0.39 is 17.6 Å². The Bertz CT molecular complexity index is 1150. The summed E-state index contributed by atoms with van der Waals surface area (Å²) in [5.41, 5.74) is 3.32. The second-order valence-electron chi connectivity index (χ2n) is 9.71. The number of carboxylic acids is 1. The van der Waals surface area contributed by atoms with E-state index in [1.165, 1.54) is 6.07 Å². The molecule has 4 rings (SSSR count). The average Bonchev–Trinajstić information content (AvgIpc) is 3.21. The van der Waals surface area contributed by atoms with Crippen LogP contribution in [0.2, 0.25) is 0 Å². The first-order valence-electron chi connectivity index (χ1n) is 12.2. The fourth-order valence-corrected chi connectivity index (χ4v) is 5.10. The van der Waals surface area contributed by atoms with Gasteiger partial charge in [-0.05, 0) is 49.5 Å². The number of ether oxygens (including phenoxy) is 1. The highest BCUT2D eigenvalue weighted by Gasteiger charge is 2.28. The number of halogens is 2. The van der Waals surface area contributed by atoms with Crippen LogP contribution < -0.4 is 0 Å². The third kappa shape index (κ3) is 5.78. The van der Waals surface area contributed by atoms with Gasteiger partial charge >= 0.3 is 5.97 Å². The SMILES string of the molecule is CC(C)c1c(-c2cccc(F)c2F)c(-c2ccccc2)nn1C[C@H]1CC[C@H](COCC(=O)O)CC1. The van der Waals surface area contributed by atoms with Gasteiger partial charge in [0.05, 0.1) is 6.61 Å². The molecule has 1 aromatic heterocycles. The molecule has 1 N–H and O–H groups in total. The lowest BCUT2D eigenvalue weighted by Crippen LogP contribution is -2.24. The first-order valence-corrected chi connectivity index (χ1v) is 12.2. The maximum absolute atomic E-state index is 15.0. The quantitative estimate of drug-likeness (QED) is 0.377. The zero-order valence-corrected chi connectivity index (χ0v) is 20.2. The van der Waals surface area contributed by atoms with Gasteiger partial charge in [-0.3, -0.25) is 4.68 Å². The molecule has 0 bridgehead atoms. The zero-order chi connectivity index (χ0) is 24.9.